The summed E-state index contributed by atoms with van der Waals surface area (Å²) in [5.74, 6) is -0.904. The largest absolute Gasteiger partial charge is 0.416 e. The molecular formula is C15H20F3NO. The van der Waals surface area contributed by atoms with E-state index in [0.717, 1.165) is 44.6 Å². The third kappa shape index (κ3) is 3.32. The summed E-state index contributed by atoms with van der Waals surface area (Å²) >= 11 is 0. The van der Waals surface area contributed by atoms with Gasteiger partial charge in [-0.1, -0.05) is 31.7 Å². The summed E-state index contributed by atoms with van der Waals surface area (Å²) in [5, 5.41) is 0. The Morgan fingerprint density at radius 3 is 2.25 bits per heavy atom. The van der Waals surface area contributed by atoms with Crippen LogP contribution in [0.25, 0.3) is 0 Å². The molecule has 0 atom stereocenters. The SMILES string of the molecule is NC(=O)c1ccc(C2CCCCCC2)c(C(F)(F)F)c1.[HH]. The zero-order valence-corrected chi connectivity index (χ0v) is 11.2. The van der Waals surface area contributed by atoms with Gasteiger partial charge in [0.25, 0.3) is 0 Å². The minimum Gasteiger partial charge on any atom is -0.366 e. The molecule has 0 spiro atoms. The molecule has 0 radical (unpaired) electrons. The van der Waals surface area contributed by atoms with E-state index >= 15 is 0 Å². The van der Waals surface area contributed by atoms with E-state index in [2.05, 4.69) is 0 Å². The maximum absolute atomic E-state index is 13.2. The second-order valence-electron chi connectivity index (χ2n) is 5.35. The quantitative estimate of drug-likeness (QED) is 0.800. The van der Waals surface area contributed by atoms with Crippen molar-refractivity contribution in [2.24, 2.45) is 5.73 Å². The van der Waals surface area contributed by atoms with Crippen LogP contribution in [0.4, 0.5) is 13.2 Å². The molecule has 1 aliphatic rings. The molecule has 1 saturated carbocycles. The molecular weight excluding hydrogens is 267 g/mol. The van der Waals surface area contributed by atoms with Gasteiger partial charge in [0.15, 0.2) is 0 Å². The summed E-state index contributed by atoms with van der Waals surface area (Å²) < 4.78 is 39.6. The van der Waals surface area contributed by atoms with Gasteiger partial charge in [0.1, 0.15) is 0 Å². The van der Waals surface area contributed by atoms with Crippen molar-refractivity contribution in [2.75, 3.05) is 0 Å². The fourth-order valence-electron chi connectivity index (χ4n) is 2.90. The lowest BCUT2D eigenvalue weighted by molar-refractivity contribution is -0.138. The van der Waals surface area contributed by atoms with Crippen molar-refractivity contribution in [2.45, 2.75) is 50.6 Å². The minimum absolute atomic E-state index is 0. The average Bonchev–Trinajstić information content (AvgIpc) is 2.65. The number of alkyl halides is 3. The zero-order valence-electron chi connectivity index (χ0n) is 11.2. The first-order valence-corrected chi connectivity index (χ1v) is 6.90. The first-order chi connectivity index (χ1) is 9.39. The van der Waals surface area contributed by atoms with Crippen LogP contribution in [-0.2, 0) is 6.18 Å². The van der Waals surface area contributed by atoms with Crippen LogP contribution in [0, 0.1) is 0 Å². The number of hydrogen-bond acceptors (Lipinski definition) is 1. The third-order valence-electron chi connectivity index (χ3n) is 3.94. The number of halogens is 3. The van der Waals surface area contributed by atoms with E-state index in [-0.39, 0.29) is 12.9 Å². The summed E-state index contributed by atoms with van der Waals surface area (Å²) in [4.78, 5) is 11.1. The Kier molecular flexibility index (Phi) is 4.35. The predicted octanol–water partition coefficient (Wildman–Crippen LogP) is 4.49. The van der Waals surface area contributed by atoms with Gasteiger partial charge in [-0.3, -0.25) is 4.79 Å². The zero-order chi connectivity index (χ0) is 14.8. The van der Waals surface area contributed by atoms with Crippen LogP contribution in [0.1, 0.15) is 67.4 Å². The van der Waals surface area contributed by atoms with Crippen LogP contribution < -0.4 is 5.73 Å². The number of amides is 1. The highest BCUT2D eigenvalue weighted by molar-refractivity contribution is 5.93. The Labute approximate surface area is 117 Å². The van der Waals surface area contributed by atoms with Crippen LogP contribution in [0.5, 0.6) is 0 Å². The number of carbonyl (C=O) groups is 1. The van der Waals surface area contributed by atoms with Crippen molar-refractivity contribution in [3.8, 4) is 0 Å². The Balaban J connectivity index is 0.00000220. The van der Waals surface area contributed by atoms with E-state index in [4.69, 9.17) is 5.73 Å². The van der Waals surface area contributed by atoms with Crippen LogP contribution in [-0.4, -0.2) is 5.91 Å². The lowest BCUT2D eigenvalue weighted by atomic mass is 9.87. The van der Waals surface area contributed by atoms with Crippen molar-refractivity contribution < 1.29 is 19.4 Å². The van der Waals surface area contributed by atoms with Gasteiger partial charge >= 0.3 is 6.18 Å². The lowest BCUT2D eigenvalue weighted by Crippen LogP contribution is -2.16. The molecule has 2 N–H and O–H groups in total. The molecule has 2 rings (SSSR count). The smallest absolute Gasteiger partial charge is 0.366 e. The van der Waals surface area contributed by atoms with E-state index in [9.17, 15) is 18.0 Å². The molecule has 5 heteroatoms. The topological polar surface area (TPSA) is 43.1 Å². The summed E-state index contributed by atoms with van der Waals surface area (Å²) in [6.45, 7) is 0. The fraction of sp³-hybridized carbons (Fsp3) is 0.533. The van der Waals surface area contributed by atoms with Crippen LogP contribution in [0.15, 0.2) is 18.2 Å². The van der Waals surface area contributed by atoms with Crippen molar-refractivity contribution in [1.82, 2.24) is 0 Å². The van der Waals surface area contributed by atoms with E-state index < -0.39 is 17.6 Å². The molecule has 20 heavy (non-hydrogen) atoms. The Hall–Kier alpha value is -1.52. The van der Waals surface area contributed by atoms with Gasteiger partial charge in [-0.25, -0.2) is 0 Å². The van der Waals surface area contributed by atoms with E-state index in [1.807, 2.05) is 0 Å². The maximum Gasteiger partial charge on any atom is 0.416 e. The number of nitrogens with two attached hydrogens (primary N) is 1. The molecule has 0 saturated heterocycles. The summed E-state index contributed by atoms with van der Waals surface area (Å²) in [6.07, 6.45) is 1.18. The summed E-state index contributed by atoms with van der Waals surface area (Å²) in [6, 6.07) is 3.72. The molecule has 0 aliphatic heterocycles. The van der Waals surface area contributed by atoms with Crippen molar-refractivity contribution in [3.05, 3.63) is 34.9 Å². The third-order valence-corrected chi connectivity index (χ3v) is 3.94. The van der Waals surface area contributed by atoms with Gasteiger partial charge in [0, 0.05) is 6.99 Å². The number of hydrogen-bond donors (Lipinski definition) is 1. The second-order valence-corrected chi connectivity index (χ2v) is 5.35. The van der Waals surface area contributed by atoms with Crippen LogP contribution in [0.2, 0.25) is 0 Å². The molecule has 0 bridgehead atoms. The van der Waals surface area contributed by atoms with Crippen molar-refractivity contribution >= 4 is 5.91 Å². The van der Waals surface area contributed by atoms with Crippen molar-refractivity contribution in [1.29, 1.82) is 0 Å². The van der Waals surface area contributed by atoms with E-state index in [0.29, 0.717) is 5.56 Å². The molecule has 1 amide bonds. The maximum atomic E-state index is 13.2. The van der Waals surface area contributed by atoms with Gasteiger partial charge in [0.2, 0.25) is 5.91 Å². The predicted molar refractivity (Wildman–Crippen MR) is 72.5 cm³/mol. The first kappa shape index (κ1) is 14.9. The van der Waals surface area contributed by atoms with Crippen LogP contribution in [0.3, 0.4) is 0 Å². The highest BCUT2D eigenvalue weighted by atomic mass is 19.4. The highest BCUT2D eigenvalue weighted by Crippen LogP contribution is 2.40. The Morgan fingerprint density at radius 2 is 1.75 bits per heavy atom. The van der Waals surface area contributed by atoms with Crippen molar-refractivity contribution in [3.63, 3.8) is 0 Å². The number of carbonyl (C=O) groups excluding carboxylic acids is 1. The number of benzene rings is 1. The molecule has 1 aromatic rings. The molecule has 1 aliphatic carbocycles. The van der Waals surface area contributed by atoms with Crippen LogP contribution >= 0.6 is 0 Å². The van der Waals surface area contributed by atoms with Gasteiger partial charge in [0.05, 0.1) is 5.56 Å². The molecule has 2 nitrogen and oxygen atoms in total. The molecule has 1 fully saturated rings. The normalized spacial score (nSPS) is 17.8. The fourth-order valence-corrected chi connectivity index (χ4v) is 2.90. The lowest BCUT2D eigenvalue weighted by Gasteiger charge is -2.21. The van der Waals surface area contributed by atoms with Gasteiger partial charge in [-0.2, -0.15) is 13.2 Å². The number of rotatable bonds is 2. The molecule has 0 heterocycles. The Morgan fingerprint density at radius 1 is 1.15 bits per heavy atom. The summed E-state index contributed by atoms with van der Waals surface area (Å²) in [7, 11) is 0. The highest BCUT2D eigenvalue weighted by Gasteiger charge is 2.35. The average molecular weight is 287 g/mol. The van der Waals surface area contributed by atoms with Gasteiger partial charge in [-0.15, -0.1) is 0 Å². The van der Waals surface area contributed by atoms with Gasteiger partial charge in [-0.05, 0) is 36.5 Å². The minimum atomic E-state index is -4.45. The number of primary amides is 1. The first-order valence-electron chi connectivity index (χ1n) is 6.90. The molecule has 0 aromatic heterocycles. The van der Waals surface area contributed by atoms with Gasteiger partial charge < -0.3 is 5.73 Å². The standard InChI is InChI=1S/C15H18F3NO.H2/c16-15(17,18)13-9-11(14(19)20)7-8-12(13)10-5-3-1-2-4-6-10;/h7-10H,1-6H2,(H2,19,20);1H. The molecule has 112 valence electrons. The van der Waals surface area contributed by atoms with E-state index in [1.165, 1.54) is 12.1 Å². The second kappa shape index (κ2) is 5.85. The monoisotopic (exact) mass is 287 g/mol. The van der Waals surface area contributed by atoms with E-state index in [1.54, 1.807) is 0 Å². The molecule has 0 unspecified atom stereocenters. The summed E-state index contributed by atoms with van der Waals surface area (Å²) in [5.41, 5.74) is 4.59. The molecule has 1 aromatic carbocycles. The Bertz CT molecular complexity index is 494.